The van der Waals surface area contributed by atoms with Gasteiger partial charge in [0.2, 0.25) is 5.91 Å². The van der Waals surface area contributed by atoms with E-state index in [0.29, 0.717) is 106 Å². The lowest BCUT2D eigenvalue weighted by molar-refractivity contribution is -0.122. The SMILES string of the molecule is COc1cc(C(=O)CCCOCCOCCOCCOCCNC(=O)C[C@@H]2N=C(c3ccc(Cl)cc3)c3c(sc(C)c3C)-n3c(C)nnc32)ccc1CC(=O)[C@H]1N[C@H](CC(C)(C)C)[C@@](C#N)(c2ccc(C)cc2F)[C@@H]1c1cccc(Cl)c1F. The van der Waals surface area contributed by atoms with Crippen molar-refractivity contribution < 1.29 is 46.8 Å². The van der Waals surface area contributed by atoms with Gasteiger partial charge in [0.15, 0.2) is 17.4 Å². The Morgan fingerprint density at radius 2 is 1.55 bits per heavy atom. The van der Waals surface area contributed by atoms with Crippen molar-refractivity contribution in [3.05, 3.63) is 162 Å². The third-order valence-electron chi connectivity index (χ3n) is 15.1. The normalized spacial score (nSPS) is 18.5. The number of rotatable bonds is 27. The molecule has 2 aromatic heterocycles. The summed E-state index contributed by atoms with van der Waals surface area (Å²) >= 11 is 14.2. The van der Waals surface area contributed by atoms with Crippen molar-refractivity contribution in [3.63, 3.8) is 0 Å². The molecule has 83 heavy (non-hydrogen) atoms. The molecule has 8 rings (SSSR count). The third-order valence-corrected chi connectivity index (χ3v) is 16.8. The Labute approximate surface area is 498 Å². The molecule has 4 aromatic carbocycles. The highest BCUT2D eigenvalue weighted by Gasteiger charge is 2.61. The van der Waals surface area contributed by atoms with Gasteiger partial charge in [0.25, 0.3) is 0 Å². The molecule has 6 aromatic rings. The quantitative estimate of drug-likeness (QED) is 0.0367. The summed E-state index contributed by atoms with van der Waals surface area (Å²) in [6.45, 7) is 16.8. The molecule has 2 N–H and O–H groups in total. The summed E-state index contributed by atoms with van der Waals surface area (Å²) in [7, 11) is 1.45. The van der Waals surface area contributed by atoms with Gasteiger partial charge in [-0.25, -0.2) is 8.78 Å². The molecule has 440 valence electrons. The lowest BCUT2D eigenvalue weighted by Crippen LogP contribution is -2.44. The van der Waals surface area contributed by atoms with E-state index >= 15 is 8.78 Å². The summed E-state index contributed by atoms with van der Waals surface area (Å²) in [6.07, 6.45) is 0.904. The molecule has 0 spiro atoms. The zero-order valence-electron chi connectivity index (χ0n) is 48.1. The van der Waals surface area contributed by atoms with E-state index in [1.54, 1.807) is 54.7 Å². The van der Waals surface area contributed by atoms with E-state index in [1.807, 2.05) is 56.5 Å². The monoisotopic (exact) mass is 1190 g/mol. The Kier molecular flexibility index (Phi) is 21.2. The van der Waals surface area contributed by atoms with E-state index in [1.165, 1.54) is 25.3 Å². The second-order valence-electron chi connectivity index (χ2n) is 22.2. The van der Waals surface area contributed by atoms with Crippen LogP contribution in [-0.2, 0) is 40.4 Å². The van der Waals surface area contributed by atoms with Crippen molar-refractivity contribution >= 4 is 57.7 Å². The molecular formula is C63H71Cl2F2N7O8S. The average molecular weight is 1200 g/mol. The molecule has 2 aliphatic rings. The summed E-state index contributed by atoms with van der Waals surface area (Å²) in [5.41, 5.74) is 3.33. The molecule has 1 fully saturated rings. The number of carbonyl (C=O) groups is 3. The van der Waals surface area contributed by atoms with E-state index in [4.69, 9.17) is 51.9 Å². The minimum absolute atomic E-state index is 0.0305. The van der Waals surface area contributed by atoms with Crippen LogP contribution in [0.1, 0.15) is 124 Å². The first-order valence-corrected chi connectivity index (χ1v) is 29.4. The van der Waals surface area contributed by atoms with Crippen LogP contribution in [0.4, 0.5) is 8.78 Å². The molecule has 5 atom stereocenters. The standard InChI is InChI=1S/C63H71Cl2F2N7O8S/c1-37-14-21-46(48(66)31-37)63(36-68)53(35-62(5,6)7)71-59(56(63)45-11-9-12-47(65)57(45)67)51(76)32-43-16-15-42(33-52(43)78-8)50(75)13-10-23-79-25-27-81-29-30-82-28-26-80-24-22-69-54(77)34-49-60-73-72-40(4)74(60)61-55(38(2)39(3)83-61)58(70-49)41-17-19-44(64)20-18-41/h9,11-12,14-21,31,33,49,53,56,59,71H,10,13,22-30,32,34-35H2,1-8H3,(H,69,77)/t49-,53+,56+,59+,63+/m0/s1. The Hall–Kier alpha value is -6.27. The predicted octanol–water partition coefficient (Wildman–Crippen LogP) is 11.4. The first kappa shape index (κ1) is 62.8. The molecule has 4 heterocycles. The maximum Gasteiger partial charge on any atom is 0.222 e. The van der Waals surface area contributed by atoms with Crippen LogP contribution in [0.3, 0.4) is 0 Å². The Morgan fingerprint density at radius 1 is 0.867 bits per heavy atom. The van der Waals surface area contributed by atoms with Crippen LogP contribution in [-0.4, -0.2) is 117 Å². The van der Waals surface area contributed by atoms with Gasteiger partial charge in [-0.2, -0.15) is 5.26 Å². The van der Waals surface area contributed by atoms with Gasteiger partial charge in [0.1, 0.15) is 39.7 Å². The molecule has 0 aliphatic carbocycles. The fraction of sp³-hybridized carbons (Fsp3) is 0.444. The molecule has 0 unspecified atom stereocenters. The minimum Gasteiger partial charge on any atom is -0.496 e. The number of ketones is 2. The molecule has 20 heteroatoms. The van der Waals surface area contributed by atoms with Crippen LogP contribution >= 0.6 is 34.5 Å². The lowest BCUT2D eigenvalue weighted by atomic mass is 9.62. The number of Topliss-reactive ketones (excluding diaryl/α,β-unsaturated/α-hetero) is 2. The van der Waals surface area contributed by atoms with Gasteiger partial charge >= 0.3 is 0 Å². The van der Waals surface area contributed by atoms with Crippen molar-refractivity contribution in [1.29, 1.82) is 5.26 Å². The van der Waals surface area contributed by atoms with Crippen molar-refractivity contribution in [1.82, 2.24) is 25.4 Å². The number of benzene rings is 4. The fourth-order valence-electron chi connectivity index (χ4n) is 11.0. The molecule has 0 radical (unpaired) electrons. The maximum atomic E-state index is 16.2. The minimum atomic E-state index is -1.71. The first-order valence-electron chi connectivity index (χ1n) is 27.8. The number of halogens is 4. The first-order chi connectivity index (χ1) is 39.8. The number of ether oxygens (including phenoxy) is 5. The van der Waals surface area contributed by atoms with E-state index in [9.17, 15) is 19.6 Å². The molecule has 15 nitrogen and oxygen atoms in total. The number of nitrogens with zero attached hydrogens (tertiary/aromatic N) is 5. The Morgan fingerprint density at radius 3 is 2.22 bits per heavy atom. The smallest absolute Gasteiger partial charge is 0.222 e. The highest BCUT2D eigenvalue weighted by Crippen LogP contribution is 2.53. The highest BCUT2D eigenvalue weighted by atomic mass is 35.5. The number of carbonyl (C=O) groups excluding carboxylic acids is 3. The molecule has 0 bridgehead atoms. The number of fused-ring (bicyclic) bond motifs is 3. The summed E-state index contributed by atoms with van der Waals surface area (Å²) in [6, 6.07) is 21.5. The van der Waals surface area contributed by atoms with Crippen molar-refractivity contribution in [2.75, 3.05) is 66.5 Å². The van der Waals surface area contributed by atoms with Crippen molar-refractivity contribution in [2.45, 2.75) is 110 Å². The maximum absolute atomic E-state index is 16.2. The van der Waals surface area contributed by atoms with Crippen molar-refractivity contribution in [3.8, 4) is 16.8 Å². The molecule has 1 saturated heterocycles. The van der Waals surface area contributed by atoms with Gasteiger partial charge in [-0.1, -0.05) is 92.5 Å². The number of hydrogen-bond donors (Lipinski definition) is 2. The van der Waals surface area contributed by atoms with Crippen LogP contribution in [0, 0.1) is 56.1 Å². The summed E-state index contributed by atoms with van der Waals surface area (Å²) in [4.78, 5) is 47.6. The Bertz CT molecular complexity index is 3380. The fourth-order valence-corrected chi connectivity index (χ4v) is 12.5. The van der Waals surface area contributed by atoms with Gasteiger partial charge in [-0.15, -0.1) is 21.5 Å². The number of amides is 1. The van der Waals surface area contributed by atoms with Crippen LogP contribution in [0.15, 0.2) is 83.9 Å². The number of thiophene rings is 1. The predicted molar refractivity (Wildman–Crippen MR) is 317 cm³/mol. The van der Waals surface area contributed by atoms with Gasteiger partial charge in [-0.3, -0.25) is 23.9 Å². The average Bonchev–Trinajstić information content (AvgIpc) is 3.08. The number of nitrogens with one attached hydrogen (secondary N) is 2. The van der Waals surface area contributed by atoms with E-state index in [2.05, 4.69) is 40.7 Å². The summed E-state index contributed by atoms with van der Waals surface area (Å²) in [5, 5.41) is 27.9. The third kappa shape index (κ3) is 14.6. The van der Waals surface area contributed by atoms with E-state index < -0.39 is 41.1 Å². The number of hydrogen-bond acceptors (Lipinski definition) is 14. The summed E-state index contributed by atoms with van der Waals surface area (Å²) < 4.78 is 62.8. The van der Waals surface area contributed by atoms with E-state index in [-0.39, 0.29) is 58.3 Å². The number of methoxy groups -OCH3 is 1. The van der Waals surface area contributed by atoms with Gasteiger partial charge < -0.3 is 34.3 Å². The number of aliphatic imine (C=N–C) groups is 1. The summed E-state index contributed by atoms with van der Waals surface area (Å²) in [5.74, 6) is -1.63. The van der Waals surface area contributed by atoms with Crippen molar-refractivity contribution in [2.24, 2.45) is 10.4 Å². The number of aryl methyl sites for hydroxylation is 3. The number of aromatic nitrogens is 3. The van der Waals surface area contributed by atoms with Crippen LogP contribution in [0.2, 0.25) is 10.0 Å². The topological polar surface area (TPSA) is 188 Å². The van der Waals surface area contributed by atoms with Gasteiger partial charge in [0.05, 0.1) is 82.6 Å². The van der Waals surface area contributed by atoms with Crippen LogP contribution < -0.4 is 15.4 Å². The molecule has 2 aliphatic heterocycles. The molecule has 1 amide bonds. The highest BCUT2D eigenvalue weighted by molar-refractivity contribution is 7.15. The second kappa shape index (κ2) is 28.1. The molecular weight excluding hydrogens is 1120 g/mol. The second-order valence-corrected chi connectivity index (χ2v) is 24.2. The molecule has 0 saturated carbocycles. The number of nitriles is 1. The van der Waals surface area contributed by atoms with Crippen LogP contribution in [0.25, 0.3) is 5.00 Å². The largest absolute Gasteiger partial charge is 0.496 e. The van der Waals surface area contributed by atoms with Gasteiger partial charge in [-0.05, 0) is 93.0 Å². The zero-order chi connectivity index (χ0) is 59.6. The zero-order valence-corrected chi connectivity index (χ0v) is 50.5. The van der Waals surface area contributed by atoms with Gasteiger partial charge in [0, 0.05) is 75.7 Å². The van der Waals surface area contributed by atoms with Crippen LogP contribution in [0.5, 0.6) is 5.75 Å². The van der Waals surface area contributed by atoms with E-state index in [0.717, 1.165) is 38.1 Å². The Balaban J connectivity index is 0.733. The lowest BCUT2D eigenvalue weighted by Gasteiger charge is -2.37.